The molecule has 0 unspecified atom stereocenters. The summed E-state index contributed by atoms with van der Waals surface area (Å²) >= 11 is 13.3. The van der Waals surface area contributed by atoms with Crippen molar-refractivity contribution in [2.24, 2.45) is 58.0 Å². The number of urea groups is 1. The fourth-order valence-electron chi connectivity index (χ4n) is 18.4. The van der Waals surface area contributed by atoms with E-state index in [1.807, 2.05) is 41.3 Å². The monoisotopic (exact) mass is 1640 g/mol. The molecule has 0 saturated heterocycles. The van der Waals surface area contributed by atoms with Gasteiger partial charge in [0.15, 0.2) is 0 Å². The van der Waals surface area contributed by atoms with Crippen molar-refractivity contribution in [1.29, 1.82) is 0 Å². The molecule has 6 saturated carbocycles. The van der Waals surface area contributed by atoms with E-state index in [1.165, 1.54) is 36.0 Å². The van der Waals surface area contributed by atoms with E-state index < -0.39 is 66.7 Å². The van der Waals surface area contributed by atoms with Crippen molar-refractivity contribution < 1.29 is 105 Å². The van der Waals surface area contributed by atoms with Gasteiger partial charge in [-0.05, 0) is 93.9 Å². The van der Waals surface area contributed by atoms with Crippen molar-refractivity contribution in [1.82, 2.24) is 30.7 Å². The Morgan fingerprint density at radius 2 is 1.06 bits per heavy atom. The highest BCUT2D eigenvalue weighted by molar-refractivity contribution is 7.46. The maximum atomic E-state index is 15.4. The summed E-state index contributed by atoms with van der Waals surface area (Å²) in [7, 11) is -1.91. The Hall–Kier alpha value is -9.05. The number of carbonyl (C=O) groups is 10. The van der Waals surface area contributed by atoms with Crippen LogP contribution in [0.15, 0.2) is 97.1 Å². The molecule has 0 radical (unpaired) electrons. The maximum absolute atomic E-state index is 15.4. The van der Waals surface area contributed by atoms with Gasteiger partial charge in [0, 0.05) is 118 Å². The largest absolute Gasteiger partial charge is 0.524 e. The number of rotatable bonds is 43. The predicted molar refractivity (Wildman–Crippen MR) is 415 cm³/mol. The van der Waals surface area contributed by atoms with Crippen molar-refractivity contribution in [3.8, 4) is 11.5 Å². The molecule has 0 bridgehead atoms. The van der Waals surface area contributed by atoms with Crippen molar-refractivity contribution in [3.05, 3.63) is 114 Å². The standard InChI is InChI=1S/C79H95Cl2N10O22P/c1-45(2)70(86-59(92)21-26-105-28-30-107-32-34-109-36-37-110-35-33-108-31-29-106-27-25-89-60(93)19-20-61(89)94)72(96)85-54(14-9-22-83-75(82)99)71(95)84-49-17-15-46(16-18-49)44-111-76(100)87(3)23-24-88(4)77(101)112-57-38-55-62(52-12-7-5-10-50(52)57)47(40-80)42-90(55)73(97)78-64-67-65(78)69-66(78)68(64)79(67,69)74(98)91-43-48(41-81)63-53-13-8-6-11-51(53)58(39-56(63)91)113-114(102,103)104/h5-8,10-13,15-20,38-39,45,47-48,54,64-70H,9,14,21-37,40-44H2,1-4H3,(H,84,95)(H,85,96)(H,86,92)(H3,82,83,99)(H2,102,103,104)/t47-,48-,54+,64?,65?,66?,67?,68?,69?,70+,78?,79?/m1/s1. The highest BCUT2D eigenvalue weighted by Crippen LogP contribution is 3.10. The lowest BCUT2D eigenvalue weighted by molar-refractivity contribution is -0.623. The summed E-state index contributed by atoms with van der Waals surface area (Å²) in [4.78, 5) is 160. The van der Waals surface area contributed by atoms with Gasteiger partial charge in [-0.15, -0.1) is 23.2 Å². The third-order valence-electron chi connectivity index (χ3n) is 23.4. The molecule has 6 fully saturated rings. The van der Waals surface area contributed by atoms with Crippen LogP contribution in [0.25, 0.3) is 21.5 Å². The predicted octanol–water partition coefficient (Wildman–Crippen LogP) is 6.37. The molecule has 4 atom stereocenters. The lowest BCUT2D eigenvalue weighted by Crippen LogP contribution is -3.12. The summed E-state index contributed by atoms with van der Waals surface area (Å²) in [6, 6.07) is 21.5. The number of amides is 11. The number of nitrogens with zero attached hydrogens (tertiary/aromatic N) is 5. The minimum atomic E-state index is -4.97. The molecule has 35 heteroatoms. The van der Waals surface area contributed by atoms with Crippen LogP contribution in [0.4, 0.5) is 31.4 Å². The number of phosphoric ester groups is 1. The molecule has 11 amide bonds. The third-order valence-corrected chi connectivity index (χ3v) is 24.6. The van der Waals surface area contributed by atoms with Gasteiger partial charge in [0.1, 0.15) is 30.2 Å². The van der Waals surface area contributed by atoms with E-state index >= 15 is 9.59 Å². The number of hydrogen-bond donors (Lipinski definition) is 7. The zero-order valence-electron chi connectivity index (χ0n) is 63.6. The van der Waals surface area contributed by atoms with E-state index in [1.54, 1.807) is 67.3 Å². The zero-order valence-corrected chi connectivity index (χ0v) is 66.0. The average molecular weight is 1640 g/mol. The van der Waals surface area contributed by atoms with Crippen molar-refractivity contribution >= 4 is 129 Å². The lowest BCUT2D eigenvalue weighted by Gasteiger charge is -3.09. The van der Waals surface area contributed by atoms with Gasteiger partial charge in [-0.3, -0.25) is 48.2 Å². The molecule has 6 aliphatic carbocycles. The van der Waals surface area contributed by atoms with E-state index in [0.29, 0.717) is 105 Å². The molecular formula is C79H95Cl2N10O22P. The average Bonchev–Trinajstić information content (AvgIpc) is 0.637. The van der Waals surface area contributed by atoms with E-state index in [0.717, 1.165) is 21.4 Å². The first-order chi connectivity index (χ1) is 54.8. The number of benzene rings is 5. The lowest BCUT2D eigenvalue weighted by atomic mass is 8.92. The van der Waals surface area contributed by atoms with Crippen molar-refractivity contribution in [3.63, 3.8) is 0 Å². The molecular weight excluding hydrogens is 1540 g/mol. The van der Waals surface area contributed by atoms with Crippen LogP contribution >= 0.6 is 31.0 Å². The number of nitrogens with two attached hydrogens (primary N) is 1. The van der Waals surface area contributed by atoms with Gasteiger partial charge in [0.05, 0.1) is 108 Å². The number of hydrogen-bond acceptors (Lipinski definition) is 20. The minimum Gasteiger partial charge on any atom is -0.445 e. The van der Waals surface area contributed by atoms with Crippen LogP contribution in [0.2, 0.25) is 0 Å². The topological polar surface area (TPSA) is 402 Å². The fraction of sp³-hybridized carbons (Fsp3) is 0.519. The first kappa shape index (κ1) is 82.9. The van der Waals surface area contributed by atoms with Crippen LogP contribution in [-0.4, -0.2) is 241 Å². The minimum absolute atomic E-state index is 0.00648. The number of carbonyl (C=O) groups excluding carboxylic acids is 10. The quantitative estimate of drug-likeness (QED) is 0.00964. The molecule has 0 aromatic heterocycles. The Balaban J connectivity index is 0.526. The normalized spacial score (nSPS) is 23.1. The number of likely N-dealkylation sites (N-methyl/N-ethyl adjacent to an activating group) is 2. The van der Waals surface area contributed by atoms with Gasteiger partial charge >= 0.3 is 26.0 Å². The number of nitrogens with one attached hydrogen (secondary N) is 4. The summed E-state index contributed by atoms with van der Waals surface area (Å²) in [5.74, 6) is -2.43. The Labute approximate surface area is 667 Å². The van der Waals surface area contributed by atoms with E-state index in [9.17, 15) is 52.7 Å². The van der Waals surface area contributed by atoms with E-state index in [2.05, 4.69) is 21.3 Å². The van der Waals surface area contributed by atoms with Crippen molar-refractivity contribution in [2.75, 3.05) is 160 Å². The smallest absolute Gasteiger partial charge is 0.445 e. The Kier molecular flexibility index (Phi) is 25.9. The maximum Gasteiger partial charge on any atom is 0.524 e. The van der Waals surface area contributed by atoms with Crippen LogP contribution in [0, 0.1) is 52.3 Å². The highest BCUT2D eigenvalue weighted by atomic mass is 35.5. The van der Waals surface area contributed by atoms with Crippen molar-refractivity contribution in [2.45, 2.75) is 63.6 Å². The third kappa shape index (κ3) is 16.2. The number of alkyl halides is 2. The summed E-state index contributed by atoms with van der Waals surface area (Å²) in [5.41, 5.74) is 7.82. The molecule has 9 aliphatic rings. The van der Waals surface area contributed by atoms with Crippen LogP contribution in [-0.2, 0) is 77.9 Å². The zero-order chi connectivity index (χ0) is 80.9. The number of halogens is 2. The summed E-state index contributed by atoms with van der Waals surface area (Å²) in [5, 5.41) is 13.4. The molecule has 14 rings (SSSR count). The van der Waals surface area contributed by atoms with Crippen LogP contribution in [0.1, 0.15) is 61.6 Å². The van der Waals surface area contributed by atoms with Crippen LogP contribution in [0.3, 0.4) is 0 Å². The number of ether oxygens (including phenoxy) is 8. The Bertz CT molecular complexity index is 4520. The first-order valence-corrected chi connectivity index (χ1v) is 40.9. The van der Waals surface area contributed by atoms with Crippen LogP contribution in [0.5, 0.6) is 11.5 Å². The molecule has 0 spiro atoms. The Morgan fingerprint density at radius 1 is 0.605 bits per heavy atom. The molecule has 114 heavy (non-hydrogen) atoms. The molecule has 612 valence electrons. The van der Waals surface area contributed by atoms with Gasteiger partial charge in [-0.1, -0.05) is 74.5 Å². The molecule has 3 aliphatic heterocycles. The van der Waals surface area contributed by atoms with Gasteiger partial charge < -0.3 is 89.0 Å². The van der Waals surface area contributed by atoms with Gasteiger partial charge in [0.25, 0.3) is 11.8 Å². The van der Waals surface area contributed by atoms with Crippen LogP contribution < -0.4 is 46.1 Å². The summed E-state index contributed by atoms with van der Waals surface area (Å²) in [6.07, 6.45) is 1.34. The molecule has 8 N–H and O–H groups in total. The molecule has 3 heterocycles. The number of anilines is 3. The van der Waals surface area contributed by atoms with Gasteiger partial charge in [0.2, 0.25) is 29.5 Å². The van der Waals surface area contributed by atoms with Gasteiger partial charge in [-0.2, -0.15) is 0 Å². The second kappa shape index (κ2) is 35.6. The second-order valence-corrected chi connectivity index (χ2v) is 31.9. The Morgan fingerprint density at radius 3 is 1.54 bits per heavy atom. The fourth-order valence-corrected chi connectivity index (χ4v) is 19.3. The van der Waals surface area contributed by atoms with Gasteiger partial charge in [-0.25, -0.2) is 18.9 Å². The molecule has 5 aromatic carbocycles. The van der Waals surface area contributed by atoms with E-state index in [-0.39, 0.29) is 179 Å². The molecule has 5 aromatic rings. The SMILES string of the molecule is CC(C)[C@H](NC(=O)CCOCCOCCOCCOCCOCCOCCN1C(=O)C=CC1=O)C(=O)N[C@@H](CCCNC(N)=O)C(=O)Nc1ccc(COC(=O)N(C)CCN(C)C(=O)Oc2cc3c(c4ccccc24)[C@H](CCl)CN3C(=O)C23C4C5C2C2C3C4C52C(=O)N2C[C@@H](CCl)c3c2cc(OP(=O)(O)O)c2ccccc32)cc1. The summed E-state index contributed by atoms with van der Waals surface area (Å²) in [6.45, 7) is 7.83. The number of primary amides is 1. The highest BCUT2D eigenvalue weighted by Gasteiger charge is 3.13. The van der Waals surface area contributed by atoms with E-state index in [4.69, 9.17) is 71.4 Å². The molecule has 32 nitrogen and oxygen atoms in total. The second-order valence-electron chi connectivity index (χ2n) is 30.2. The number of imide groups is 1. The number of phosphoric acid groups is 1. The summed E-state index contributed by atoms with van der Waals surface area (Å²) < 4.78 is 62.2. The first-order valence-electron chi connectivity index (χ1n) is 38.3. The number of fused-ring (bicyclic) bond motifs is 6.